The number of nitrogens with one attached hydrogen (secondary N) is 2. The van der Waals surface area contributed by atoms with Gasteiger partial charge < -0.3 is 15.7 Å². The van der Waals surface area contributed by atoms with Crippen molar-refractivity contribution in [1.82, 2.24) is 10.6 Å². The fourth-order valence-corrected chi connectivity index (χ4v) is 1.54. The Labute approximate surface area is 120 Å². The van der Waals surface area contributed by atoms with Gasteiger partial charge in [0.15, 0.2) is 0 Å². The summed E-state index contributed by atoms with van der Waals surface area (Å²) in [6.07, 6.45) is 1.55. The first-order valence-corrected chi connectivity index (χ1v) is 6.94. The maximum absolute atomic E-state index is 11.6. The van der Waals surface area contributed by atoms with Crippen LogP contribution in [0.2, 0.25) is 0 Å². The van der Waals surface area contributed by atoms with Crippen LogP contribution >= 0.6 is 0 Å². The van der Waals surface area contributed by atoms with Crippen molar-refractivity contribution in [3.63, 3.8) is 0 Å². The number of carboxylic acid groups (broad SMARTS) is 1. The highest BCUT2D eigenvalue weighted by Crippen LogP contribution is 2.21. The molecule has 3 N–H and O–H groups in total. The van der Waals surface area contributed by atoms with E-state index in [1.54, 1.807) is 6.92 Å². The molecule has 1 unspecified atom stereocenters. The van der Waals surface area contributed by atoms with Gasteiger partial charge in [0.2, 0.25) is 11.8 Å². The quantitative estimate of drug-likeness (QED) is 0.626. The van der Waals surface area contributed by atoms with Crippen LogP contribution in [0.25, 0.3) is 0 Å². The molecule has 0 rings (SSSR count). The summed E-state index contributed by atoms with van der Waals surface area (Å²) in [5.41, 5.74) is 0.0214. The molecule has 0 spiro atoms. The predicted octanol–water partition coefficient (Wildman–Crippen LogP) is 1.30. The molecule has 6 nitrogen and oxygen atoms in total. The lowest BCUT2D eigenvalue weighted by Crippen LogP contribution is -2.42. The summed E-state index contributed by atoms with van der Waals surface area (Å²) in [5, 5.41) is 14.2. The first kappa shape index (κ1) is 18.4. The number of carbonyl (C=O) groups excluding carboxylic acids is 2. The van der Waals surface area contributed by atoms with Crippen LogP contribution in [-0.2, 0) is 14.4 Å². The highest BCUT2D eigenvalue weighted by Gasteiger charge is 2.22. The summed E-state index contributed by atoms with van der Waals surface area (Å²) in [4.78, 5) is 33.7. The molecule has 2 amide bonds. The largest absolute Gasteiger partial charge is 0.480 e. The smallest absolute Gasteiger partial charge is 0.326 e. The Kier molecular flexibility index (Phi) is 7.87. The molecule has 6 heteroatoms. The second-order valence-corrected chi connectivity index (χ2v) is 6.01. The molecule has 0 aliphatic heterocycles. The molecule has 0 aromatic heterocycles. The summed E-state index contributed by atoms with van der Waals surface area (Å²) in [6.45, 7) is 8.02. The Morgan fingerprint density at radius 1 is 1.15 bits per heavy atom. The van der Waals surface area contributed by atoms with Crippen molar-refractivity contribution in [2.45, 2.75) is 59.4 Å². The van der Waals surface area contributed by atoms with E-state index in [0.29, 0.717) is 19.3 Å². The minimum Gasteiger partial charge on any atom is -0.480 e. The molecule has 0 aromatic carbocycles. The molecule has 0 saturated heterocycles. The first-order valence-electron chi connectivity index (χ1n) is 6.94. The standard InChI is InChI=1S/C14H26N2O4/c1-5-11(17)15-9-7-12(18)16-10(13(19)20)6-8-14(2,3)4/h10H,5-9H2,1-4H3,(H,15,17)(H,16,18)(H,19,20). The fourth-order valence-electron chi connectivity index (χ4n) is 1.54. The van der Waals surface area contributed by atoms with Crippen LogP contribution in [0.4, 0.5) is 0 Å². The van der Waals surface area contributed by atoms with Crippen molar-refractivity contribution < 1.29 is 19.5 Å². The third-order valence-corrected chi connectivity index (χ3v) is 2.81. The van der Waals surface area contributed by atoms with Crippen LogP contribution in [0.1, 0.15) is 53.4 Å². The molecule has 20 heavy (non-hydrogen) atoms. The van der Waals surface area contributed by atoms with E-state index < -0.39 is 12.0 Å². The normalized spacial score (nSPS) is 12.6. The highest BCUT2D eigenvalue weighted by atomic mass is 16.4. The van der Waals surface area contributed by atoms with E-state index in [-0.39, 0.29) is 30.2 Å². The zero-order valence-electron chi connectivity index (χ0n) is 12.8. The van der Waals surface area contributed by atoms with Crippen molar-refractivity contribution in [1.29, 1.82) is 0 Å². The minimum atomic E-state index is -1.03. The Morgan fingerprint density at radius 3 is 2.20 bits per heavy atom. The number of carboxylic acids is 1. The molecule has 0 heterocycles. The van der Waals surface area contributed by atoms with E-state index in [1.165, 1.54) is 0 Å². The van der Waals surface area contributed by atoms with Gasteiger partial charge in [0, 0.05) is 19.4 Å². The van der Waals surface area contributed by atoms with Crippen molar-refractivity contribution in [2.75, 3.05) is 6.54 Å². The number of hydrogen-bond donors (Lipinski definition) is 3. The molecular weight excluding hydrogens is 260 g/mol. The SMILES string of the molecule is CCC(=O)NCCC(=O)NC(CCC(C)(C)C)C(=O)O. The highest BCUT2D eigenvalue weighted by molar-refractivity contribution is 5.84. The van der Waals surface area contributed by atoms with Crippen LogP contribution < -0.4 is 10.6 Å². The number of hydrogen-bond acceptors (Lipinski definition) is 3. The topological polar surface area (TPSA) is 95.5 Å². The number of aliphatic carboxylic acids is 1. The Morgan fingerprint density at radius 2 is 1.75 bits per heavy atom. The van der Waals surface area contributed by atoms with Crippen molar-refractivity contribution in [3.8, 4) is 0 Å². The van der Waals surface area contributed by atoms with Crippen LogP contribution in [-0.4, -0.2) is 35.5 Å². The summed E-state index contributed by atoms with van der Waals surface area (Å²) in [7, 11) is 0. The van der Waals surface area contributed by atoms with Gasteiger partial charge in [0.25, 0.3) is 0 Å². The molecular formula is C14H26N2O4. The van der Waals surface area contributed by atoms with E-state index in [4.69, 9.17) is 5.11 Å². The van der Waals surface area contributed by atoms with Gasteiger partial charge in [-0.2, -0.15) is 0 Å². The summed E-state index contributed by atoms with van der Waals surface area (Å²) in [6, 6.07) is -0.872. The lowest BCUT2D eigenvalue weighted by atomic mass is 9.88. The molecule has 1 atom stereocenters. The van der Waals surface area contributed by atoms with Gasteiger partial charge in [-0.15, -0.1) is 0 Å². The third-order valence-electron chi connectivity index (χ3n) is 2.81. The monoisotopic (exact) mass is 286 g/mol. The van der Waals surface area contributed by atoms with Crippen molar-refractivity contribution >= 4 is 17.8 Å². The molecule has 0 bridgehead atoms. The summed E-state index contributed by atoms with van der Waals surface area (Å²) < 4.78 is 0. The minimum absolute atomic E-state index is 0.0214. The average Bonchev–Trinajstić information content (AvgIpc) is 2.32. The first-order chi connectivity index (χ1) is 9.15. The van der Waals surface area contributed by atoms with Crippen LogP contribution in [0, 0.1) is 5.41 Å². The zero-order valence-corrected chi connectivity index (χ0v) is 12.8. The van der Waals surface area contributed by atoms with Crippen LogP contribution in [0.5, 0.6) is 0 Å². The van der Waals surface area contributed by atoms with Gasteiger partial charge in [-0.25, -0.2) is 4.79 Å². The molecule has 0 aliphatic rings. The van der Waals surface area contributed by atoms with Gasteiger partial charge in [-0.05, 0) is 18.3 Å². The average molecular weight is 286 g/mol. The number of carbonyl (C=O) groups is 3. The fraction of sp³-hybridized carbons (Fsp3) is 0.786. The van der Waals surface area contributed by atoms with Crippen LogP contribution in [0.3, 0.4) is 0 Å². The second-order valence-electron chi connectivity index (χ2n) is 6.01. The van der Waals surface area contributed by atoms with E-state index in [9.17, 15) is 14.4 Å². The maximum Gasteiger partial charge on any atom is 0.326 e. The van der Waals surface area contributed by atoms with Gasteiger partial charge in [0.05, 0.1) is 0 Å². The Bertz CT molecular complexity index is 348. The lowest BCUT2D eigenvalue weighted by Gasteiger charge is -2.21. The maximum atomic E-state index is 11.6. The lowest BCUT2D eigenvalue weighted by molar-refractivity contribution is -0.142. The molecule has 0 radical (unpaired) electrons. The van der Waals surface area contributed by atoms with Gasteiger partial charge >= 0.3 is 5.97 Å². The number of amides is 2. The predicted molar refractivity (Wildman–Crippen MR) is 76.2 cm³/mol. The molecule has 0 fully saturated rings. The third kappa shape index (κ3) is 9.35. The summed E-state index contributed by atoms with van der Waals surface area (Å²) >= 11 is 0. The van der Waals surface area contributed by atoms with Gasteiger partial charge in [-0.3, -0.25) is 9.59 Å². The van der Waals surface area contributed by atoms with E-state index >= 15 is 0 Å². The van der Waals surface area contributed by atoms with Crippen molar-refractivity contribution in [2.24, 2.45) is 5.41 Å². The van der Waals surface area contributed by atoms with Crippen molar-refractivity contribution in [3.05, 3.63) is 0 Å². The van der Waals surface area contributed by atoms with E-state index in [0.717, 1.165) is 0 Å². The Balaban J connectivity index is 4.15. The zero-order chi connectivity index (χ0) is 15.8. The number of rotatable bonds is 8. The van der Waals surface area contributed by atoms with Gasteiger partial charge in [0.1, 0.15) is 6.04 Å². The van der Waals surface area contributed by atoms with E-state index in [1.807, 2.05) is 20.8 Å². The van der Waals surface area contributed by atoms with E-state index in [2.05, 4.69) is 10.6 Å². The molecule has 0 aromatic rings. The summed E-state index contributed by atoms with van der Waals surface area (Å²) in [5.74, 6) is -1.51. The Hall–Kier alpha value is -1.59. The molecule has 116 valence electrons. The van der Waals surface area contributed by atoms with Gasteiger partial charge in [-0.1, -0.05) is 27.7 Å². The second kappa shape index (κ2) is 8.55. The van der Waals surface area contributed by atoms with Crippen LogP contribution in [0.15, 0.2) is 0 Å². The molecule has 0 saturated carbocycles. The molecule has 0 aliphatic carbocycles.